The van der Waals surface area contributed by atoms with Gasteiger partial charge in [0.25, 0.3) is 0 Å². The average Bonchev–Trinajstić information content (AvgIpc) is 3.09. The van der Waals surface area contributed by atoms with Crippen LogP contribution in [0.2, 0.25) is 0 Å². The molecule has 8 heteroatoms. The number of hydrogen-bond acceptors (Lipinski definition) is 3. The quantitative estimate of drug-likeness (QED) is 0.748. The second kappa shape index (κ2) is 6.87. The lowest BCUT2D eigenvalue weighted by Gasteiger charge is -2.17. The van der Waals surface area contributed by atoms with Crippen molar-refractivity contribution in [1.82, 2.24) is 4.72 Å². The van der Waals surface area contributed by atoms with Gasteiger partial charge in [-0.25, -0.2) is 13.1 Å². The van der Waals surface area contributed by atoms with Gasteiger partial charge in [0.2, 0.25) is 10.0 Å². The smallest absolute Gasteiger partial charge is 0.241 e. The third-order valence-electron chi connectivity index (χ3n) is 2.93. The SMILES string of the molecule is Cl.NCC(NS(=O)(=O)c1ccc(Br)cc1Br)C1CC1. The molecule has 1 saturated carbocycles. The Hall–Kier alpha value is 0.340. The zero-order valence-electron chi connectivity index (χ0n) is 9.97. The number of nitrogens with one attached hydrogen (secondary N) is 1. The fourth-order valence-corrected chi connectivity index (χ4v) is 4.85. The Morgan fingerprint density at radius 2 is 2.00 bits per heavy atom. The van der Waals surface area contributed by atoms with Crippen molar-refractivity contribution in [3.8, 4) is 0 Å². The first-order valence-electron chi connectivity index (χ1n) is 5.61. The summed E-state index contributed by atoms with van der Waals surface area (Å²) in [6.45, 7) is 0.331. The summed E-state index contributed by atoms with van der Waals surface area (Å²) in [7, 11) is -3.52. The molecule has 0 aliphatic heterocycles. The molecule has 1 aliphatic rings. The van der Waals surface area contributed by atoms with Crippen LogP contribution in [0.15, 0.2) is 32.0 Å². The van der Waals surface area contributed by atoms with E-state index in [1.54, 1.807) is 18.2 Å². The van der Waals surface area contributed by atoms with Gasteiger partial charge in [0.15, 0.2) is 0 Å². The Bertz CT molecular complexity index is 550. The van der Waals surface area contributed by atoms with E-state index in [1.165, 1.54) is 0 Å². The van der Waals surface area contributed by atoms with E-state index < -0.39 is 10.0 Å². The Morgan fingerprint density at radius 3 is 2.47 bits per heavy atom. The molecule has 4 nitrogen and oxygen atoms in total. The summed E-state index contributed by atoms with van der Waals surface area (Å²) in [5, 5.41) is 0. The van der Waals surface area contributed by atoms with Crippen LogP contribution in [0.5, 0.6) is 0 Å². The molecular weight excluding hydrogens is 419 g/mol. The first kappa shape index (κ1) is 17.4. The summed E-state index contributed by atoms with van der Waals surface area (Å²) in [4.78, 5) is 0.241. The lowest BCUT2D eigenvalue weighted by Crippen LogP contribution is -2.41. The molecule has 1 fully saturated rings. The van der Waals surface area contributed by atoms with E-state index >= 15 is 0 Å². The molecule has 0 aromatic heterocycles. The lowest BCUT2D eigenvalue weighted by molar-refractivity contribution is 0.519. The molecule has 1 aromatic rings. The minimum Gasteiger partial charge on any atom is -0.329 e. The molecule has 108 valence electrons. The number of halogens is 3. The van der Waals surface area contributed by atoms with Crippen molar-refractivity contribution in [1.29, 1.82) is 0 Å². The van der Waals surface area contributed by atoms with Gasteiger partial charge in [-0.1, -0.05) is 15.9 Å². The maximum atomic E-state index is 12.3. The van der Waals surface area contributed by atoms with Gasteiger partial charge in [-0.05, 0) is 52.9 Å². The molecule has 1 aliphatic carbocycles. The van der Waals surface area contributed by atoms with E-state index in [9.17, 15) is 8.42 Å². The van der Waals surface area contributed by atoms with Crippen molar-refractivity contribution < 1.29 is 8.42 Å². The van der Waals surface area contributed by atoms with E-state index in [2.05, 4.69) is 36.6 Å². The number of benzene rings is 1. The van der Waals surface area contributed by atoms with Crippen LogP contribution >= 0.6 is 44.3 Å². The molecule has 0 heterocycles. The summed E-state index contributed by atoms with van der Waals surface area (Å²) in [6.07, 6.45) is 2.10. The van der Waals surface area contributed by atoms with Gasteiger partial charge < -0.3 is 5.73 Å². The zero-order chi connectivity index (χ0) is 13.3. The minimum atomic E-state index is -3.52. The Kier molecular flexibility index (Phi) is 6.28. The number of hydrogen-bond donors (Lipinski definition) is 2. The van der Waals surface area contributed by atoms with E-state index in [0.717, 1.165) is 17.3 Å². The van der Waals surface area contributed by atoms with Crippen molar-refractivity contribution in [2.24, 2.45) is 11.7 Å². The molecule has 0 amide bonds. The summed E-state index contributed by atoms with van der Waals surface area (Å²) >= 11 is 6.56. The molecule has 19 heavy (non-hydrogen) atoms. The predicted molar refractivity (Wildman–Crippen MR) is 85.0 cm³/mol. The number of sulfonamides is 1. The zero-order valence-corrected chi connectivity index (χ0v) is 14.8. The lowest BCUT2D eigenvalue weighted by atomic mass is 10.2. The van der Waals surface area contributed by atoms with Gasteiger partial charge in [0, 0.05) is 21.5 Å². The van der Waals surface area contributed by atoms with E-state index in [4.69, 9.17) is 5.73 Å². The fraction of sp³-hybridized carbons (Fsp3) is 0.455. The van der Waals surface area contributed by atoms with Crippen molar-refractivity contribution >= 4 is 54.3 Å². The normalized spacial score (nSPS) is 16.8. The van der Waals surface area contributed by atoms with Gasteiger partial charge in [0.05, 0.1) is 4.90 Å². The second-order valence-corrected chi connectivity index (χ2v) is 7.83. The summed E-state index contributed by atoms with van der Waals surface area (Å²) in [6, 6.07) is 4.82. The molecule has 0 bridgehead atoms. The van der Waals surface area contributed by atoms with Gasteiger partial charge >= 0.3 is 0 Å². The molecule has 3 N–H and O–H groups in total. The van der Waals surface area contributed by atoms with Crippen LogP contribution in [0.1, 0.15) is 12.8 Å². The fourth-order valence-electron chi connectivity index (χ4n) is 1.79. The molecule has 0 saturated heterocycles. The molecule has 1 aromatic carbocycles. The highest BCUT2D eigenvalue weighted by molar-refractivity contribution is 9.11. The van der Waals surface area contributed by atoms with E-state index in [-0.39, 0.29) is 23.3 Å². The van der Waals surface area contributed by atoms with Gasteiger partial charge in [-0.3, -0.25) is 0 Å². The highest BCUT2D eigenvalue weighted by atomic mass is 79.9. The van der Waals surface area contributed by atoms with Crippen molar-refractivity contribution in [3.63, 3.8) is 0 Å². The Balaban J connectivity index is 0.00000180. The molecule has 1 atom stereocenters. The third-order valence-corrected chi connectivity index (χ3v) is 5.89. The van der Waals surface area contributed by atoms with Crippen LogP contribution in [0.4, 0.5) is 0 Å². The van der Waals surface area contributed by atoms with Crippen LogP contribution in [0.3, 0.4) is 0 Å². The summed E-state index contributed by atoms with van der Waals surface area (Å²) in [5.41, 5.74) is 5.61. The van der Waals surface area contributed by atoms with E-state index in [1.807, 2.05) is 0 Å². The highest BCUT2D eigenvalue weighted by Crippen LogP contribution is 2.33. The number of rotatable bonds is 5. The second-order valence-electron chi connectivity index (χ2n) is 4.38. The molecule has 0 spiro atoms. The monoisotopic (exact) mass is 432 g/mol. The van der Waals surface area contributed by atoms with Crippen LogP contribution in [0, 0.1) is 5.92 Å². The van der Waals surface area contributed by atoms with Crippen LogP contribution < -0.4 is 10.5 Å². The Morgan fingerprint density at radius 1 is 1.37 bits per heavy atom. The van der Waals surface area contributed by atoms with Crippen molar-refractivity contribution in [2.75, 3.05) is 6.54 Å². The third kappa shape index (κ3) is 4.41. The summed E-state index contributed by atoms with van der Waals surface area (Å²) in [5.74, 6) is 0.388. The van der Waals surface area contributed by atoms with Crippen molar-refractivity contribution in [3.05, 3.63) is 27.1 Å². The topological polar surface area (TPSA) is 72.2 Å². The predicted octanol–water partition coefficient (Wildman–Crippen LogP) is 2.65. The maximum absolute atomic E-state index is 12.3. The average molecular weight is 435 g/mol. The standard InChI is InChI=1S/C11H14Br2N2O2S.ClH/c12-8-3-4-11(9(13)5-8)18(16,17)15-10(6-14)7-1-2-7;/h3-5,7,10,15H,1-2,6,14H2;1H. The van der Waals surface area contributed by atoms with Crippen LogP contribution in [0.25, 0.3) is 0 Å². The largest absolute Gasteiger partial charge is 0.329 e. The van der Waals surface area contributed by atoms with Gasteiger partial charge in [0.1, 0.15) is 0 Å². The molecule has 2 rings (SSSR count). The highest BCUT2D eigenvalue weighted by Gasteiger charge is 2.33. The first-order chi connectivity index (χ1) is 8.44. The number of nitrogens with two attached hydrogens (primary N) is 1. The molecular formula is C11H15Br2ClN2O2S. The van der Waals surface area contributed by atoms with Crippen molar-refractivity contribution in [2.45, 2.75) is 23.8 Å². The van der Waals surface area contributed by atoms with Crippen LogP contribution in [-0.2, 0) is 10.0 Å². The Labute approximate surface area is 136 Å². The summed E-state index contributed by atoms with van der Waals surface area (Å²) < 4.78 is 28.6. The molecule has 0 radical (unpaired) electrons. The van der Waals surface area contributed by atoms with Gasteiger partial charge in [-0.15, -0.1) is 12.4 Å². The maximum Gasteiger partial charge on any atom is 0.241 e. The molecule has 1 unspecified atom stereocenters. The van der Waals surface area contributed by atoms with E-state index in [0.29, 0.717) is 16.9 Å². The van der Waals surface area contributed by atoms with Crippen LogP contribution in [-0.4, -0.2) is 21.0 Å². The first-order valence-corrected chi connectivity index (χ1v) is 8.68. The van der Waals surface area contributed by atoms with Gasteiger partial charge in [-0.2, -0.15) is 0 Å². The minimum absolute atomic E-state index is 0.